The molecule has 0 bridgehead atoms. The highest BCUT2D eigenvalue weighted by molar-refractivity contribution is 6.14. The second-order valence-electron chi connectivity index (χ2n) is 7.00. The molecule has 0 heterocycles. The molecule has 0 aromatic heterocycles. The van der Waals surface area contributed by atoms with Gasteiger partial charge in [-0.15, -0.1) is 0 Å². The highest BCUT2D eigenvalue weighted by Gasteiger charge is 2.36. The number of methoxy groups -OCH3 is 1. The van der Waals surface area contributed by atoms with Gasteiger partial charge in [-0.25, -0.2) is 0 Å². The summed E-state index contributed by atoms with van der Waals surface area (Å²) in [4.78, 5) is 36.5. The van der Waals surface area contributed by atoms with Crippen molar-refractivity contribution in [1.82, 2.24) is 0 Å². The summed E-state index contributed by atoms with van der Waals surface area (Å²) in [7, 11) is 1.52. The van der Waals surface area contributed by atoms with Gasteiger partial charge < -0.3 is 20.7 Å². The zero-order valence-corrected chi connectivity index (χ0v) is 16.7. The zero-order valence-electron chi connectivity index (χ0n) is 16.7. The molecule has 3 N–H and O–H groups in total. The Morgan fingerprint density at radius 1 is 0.857 bits per heavy atom. The van der Waals surface area contributed by atoms with E-state index in [0.29, 0.717) is 22.8 Å². The summed E-state index contributed by atoms with van der Waals surface area (Å²) >= 11 is 0. The van der Waals surface area contributed by atoms with Crippen molar-refractivity contribution < 1.29 is 19.1 Å². The lowest BCUT2D eigenvalue weighted by Crippen LogP contribution is -2.41. The Kier molecular flexibility index (Phi) is 6.41. The molecule has 2 rings (SSSR count). The summed E-state index contributed by atoms with van der Waals surface area (Å²) < 4.78 is 5.26. The van der Waals surface area contributed by atoms with Crippen LogP contribution in [0.25, 0.3) is 0 Å². The van der Waals surface area contributed by atoms with Crippen LogP contribution in [0, 0.1) is 12.3 Å². The van der Waals surface area contributed by atoms with Crippen LogP contribution in [0.3, 0.4) is 0 Å². The normalized spacial score (nSPS) is 10.8. The number of hydrogen-bond donors (Lipinski definition) is 3. The van der Waals surface area contributed by atoms with Gasteiger partial charge in [0.15, 0.2) is 0 Å². The fourth-order valence-corrected chi connectivity index (χ4v) is 2.43. The van der Waals surface area contributed by atoms with Gasteiger partial charge in [-0.2, -0.15) is 0 Å². The molecule has 3 amide bonds. The number of rotatable bonds is 6. The highest BCUT2D eigenvalue weighted by atomic mass is 16.5. The van der Waals surface area contributed by atoms with Crippen molar-refractivity contribution in [2.75, 3.05) is 23.1 Å². The number of carbonyl (C=O) groups excluding carboxylic acids is 3. The van der Waals surface area contributed by atoms with Gasteiger partial charge in [-0.3, -0.25) is 14.4 Å². The van der Waals surface area contributed by atoms with Crippen LogP contribution in [0.5, 0.6) is 5.75 Å². The standard InChI is InChI=1S/C21H25N3O4/c1-13-6-11-18(28-5)17(12-13)24-20(27)21(3,4)19(26)23-16-9-7-15(8-10-16)22-14(2)25/h6-12H,1-5H3,(H,22,25)(H,23,26)(H,24,27). The minimum atomic E-state index is -1.33. The maximum Gasteiger partial charge on any atom is 0.239 e. The number of anilines is 3. The van der Waals surface area contributed by atoms with Gasteiger partial charge >= 0.3 is 0 Å². The molecular formula is C21H25N3O4. The minimum Gasteiger partial charge on any atom is -0.495 e. The maximum absolute atomic E-state index is 12.7. The third kappa shape index (κ3) is 5.09. The third-order valence-corrected chi connectivity index (χ3v) is 4.20. The molecule has 0 unspecified atom stereocenters. The van der Waals surface area contributed by atoms with Crippen molar-refractivity contribution >= 4 is 34.8 Å². The Bertz CT molecular complexity index is 889. The second-order valence-corrected chi connectivity index (χ2v) is 7.00. The maximum atomic E-state index is 12.7. The average Bonchev–Trinajstić information content (AvgIpc) is 2.63. The number of benzene rings is 2. The van der Waals surface area contributed by atoms with Gasteiger partial charge in [-0.1, -0.05) is 6.07 Å². The number of ether oxygens (including phenoxy) is 1. The molecule has 2 aromatic carbocycles. The molecule has 0 aliphatic carbocycles. The molecule has 0 fully saturated rings. The Morgan fingerprint density at radius 2 is 1.39 bits per heavy atom. The Morgan fingerprint density at radius 3 is 1.93 bits per heavy atom. The molecule has 2 aromatic rings. The van der Waals surface area contributed by atoms with Crippen LogP contribution >= 0.6 is 0 Å². The van der Waals surface area contributed by atoms with Gasteiger partial charge in [0.2, 0.25) is 17.7 Å². The van der Waals surface area contributed by atoms with Crippen molar-refractivity contribution in [2.24, 2.45) is 5.41 Å². The van der Waals surface area contributed by atoms with Gasteiger partial charge in [0.25, 0.3) is 0 Å². The number of hydrogen-bond acceptors (Lipinski definition) is 4. The molecule has 28 heavy (non-hydrogen) atoms. The van der Waals surface area contributed by atoms with E-state index >= 15 is 0 Å². The first-order valence-corrected chi connectivity index (χ1v) is 8.78. The number of amides is 3. The lowest BCUT2D eigenvalue weighted by Gasteiger charge is -2.23. The minimum absolute atomic E-state index is 0.179. The topological polar surface area (TPSA) is 96.5 Å². The quantitative estimate of drug-likeness (QED) is 0.665. The number of aryl methyl sites for hydroxylation is 1. The predicted molar refractivity (Wildman–Crippen MR) is 110 cm³/mol. The highest BCUT2D eigenvalue weighted by Crippen LogP contribution is 2.28. The second kappa shape index (κ2) is 8.56. The molecule has 0 saturated heterocycles. The van der Waals surface area contributed by atoms with Crippen LogP contribution in [0.4, 0.5) is 17.1 Å². The zero-order chi connectivity index (χ0) is 20.9. The smallest absolute Gasteiger partial charge is 0.239 e. The average molecular weight is 383 g/mol. The largest absolute Gasteiger partial charge is 0.495 e. The van der Waals surface area contributed by atoms with Gasteiger partial charge in [-0.05, 0) is 62.7 Å². The first kappa shape index (κ1) is 21.0. The fourth-order valence-electron chi connectivity index (χ4n) is 2.43. The SMILES string of the molecule is COc1ccc(C)cc1NC(=O)C(C)(C)C(=O)Nc1ccc(NC(C)=O)cc1. The van der Waals surface area contributed by atoms with E-state index < -0.39 is 17.2 Å². The summed E-state index contributed by atoms with van der Waals surface area (Å²) in [5, 5.41) is 8.14. The van der Waals surface area contributed by atoms with E-state index in [-0.39, 0.29) is 5.91 Å². The van der Waals surface area contributed by atoms with Crippen LogP contribution in [-0.2, 0) is 14.4 Å². The third-order valence-electron chi connectivity index (χ3n) is 4.20. The van der Waals surface area contributed by atoms with Crippen LogP contribution < -0.4 is 20.7 Å². The molecule has 0 saturated carbocycles. The van der Waals surface area contributed by atoms with Crippen molar-refractivity contribution in [1.29, 1.82) is 0 Å². The van der Waals surface area contributed by atoms with Crippen LogP contribution in [0.2, 0.25) is 0 Å². The number of nitrogens with one attached hydrogen (secondary N) is 3. The molecule has 7 nitrogen and oxygen atoms in total. The number of carbonyl (C=O) groups is 3. The van der Waals surface area contributed by atoms with Crippen molar-refractivity contribution in [2.45, 2.75) is 27.7 Å². The fraction of sp³-hybridized carbons (Fsp3) is 0.286. The Balaban J connectivity index is 2.10. The van der Waals surface area contributed by atoms with Crippen LogP contribution in [-0.4, -0.2) is 24.8 Å². The molecule has 148 valence electrons. The molecule has 0 aliphatic rings. The summed E-state index contributed by atoms with van der Waals surface area (Å²) in [6, 6.07) is 12.1. The molecular weight excluding hydrogens is 358 g/mol. The summed E-state index contributed by atoms with van der Waals surface area (Å²) in [6.07, 6.45) is 0. The Hall–Kier alpha value is -3.35. The molecule has 0 spiro atoms. The van der Waals surface area contributed by atoms with E-state index in [4.69, 9.17) is 4.74 Å². The van der Waals surface area contributed by atoms with Gasteiger partial charge in [0, 0.05) is 18.3 Å². The predicted octanol–water partition coefficient (Wildman–Crippen LogP) is 3.57. The van der Waals surface area contributed by atoms with Gasteiger partial charge in [0.05, 0.1) is 12.8 Å². The van der Waals surface area contributed by atoms with Crippen molar-refractivity contribution in [3.8, 4) is 5.75 Å². The van der Waals surface area contributed by atoms with E-state index in [2.05, 4.69) is 16.0 Å². The van der Waals surface area contributed by atoms with Gasteiger partial charge in [0.1, 0.15) is 11.2 Å². The summed E-state index contributed by atoms with van der Waals surface area (Å²) in [5.74, 6) is -0.572. The molecule has 0 aliphatic heterocycles. The first-order chi connectivity index (χ1) is 13.1. The lowest BCUT2D eigenvalue weighted by atomic mass is 9.90. The van der Waals surface area contributed by atoms with Crippen molar-refractivity contribution in [3.63, 3.8) is 0 Å². The van der Waals surface area contributed by atoms with Crippen LogP contribution in [0.1, 0.15) is 26.3 Å². The van der Waals surface area contributed by atoms with E-state index in [9.17, 15) is 14.4 Å². The summed E-state index contributed by atoms with van der Waals surface area (Å²) in [5.41, 5.74) is 1.28. The van der Waals surface area contributed by atoms with E-state index in [0.717, 1.165) is 5.56 Å². The van der Waals surface area contributed by atoms with E-state index in [1.165, 1.54) is 14.0 Å². The molecule has 0 atom stereocenters. The van der Waals surface area contributed by atoms with E-state index in [1.54, 1.807) is 50.2 Å². The molecule has 0 radical (unpaired) electrons. The summed E-state index contributed by atoms with van der Waals surface area (Å²) in [6.45, 7) is 6.41. The molecule has 7 heteroatoms. The first-order valence-electron chi connectivity index (χ1n) is 8.78. The Labute approximate surface area is 164 Å². The van der Waals surface area contributed by atoms with E-state index in [1.807, 2.05) is 13.0 Å². The van der Waals surface area contributed by atoms with Crippen LogP contribution in [0.15, 0.2) is 42.5 Å². The monoisotopic (exact) mass is 383 g/mol. The van der Waals surface area contributed by atoms with Crippen molar-refractivity contribution in [3.05, 3.63) is 48.0 Å². The lowest BCUT2D eigenvalue weighted by molar-refractivity contribution is -0.135.